The molecule has 1 fully saturated rings. The van der Waals surface area contributed by atoms with Gasteiger partial charge in [0.1, 0.15) is 0 Å². The lowest BCUT2D eigenvalue weighted by molar-refractivity contribution is 0.283. The van der Waals surface area contributed by atoms with E-state index in [1.807, 2.05) is 6.92 Å². The Hall–Kier alpha value is -0.130. The SMILES string of the molecule is CCNCCS(=O)(=O)NCC1CCCC(C)C1. The van der Waals surface area contributed by atoms with Gasteiger partial charge in [0.15, 0.2) is 0 Å². The van der Waals surface area contributed by atoms with Gasteiger partial charge in [0.25, 0.3) is 0 Å². The molecular formula is C12H26N2O2S. The van der Waals surface area contributed by atoms with Crippen molar-refractivity contribution in [1.82, 2.24) is 10.0 Å². The largest absolute Gasteiger partial charge is 0.316 e. The highest BCUT2D eigenvalue weighted by Gasteiger charge is 2.20. The fourth-order valence-electron chi connectivity index (χ4n) is 2.45. The van der Waals surface area contributed by atoms with Gasteiger partial charge in [-0.15, -0.1) is 0 Å². The Balaban J connectivity index is 2.23. The monoisotopic (exact) mass is 262 g/mol. The molecule has 1 aliphatic rings. The third-order valence-corrected chi connectivity index (χ3v) is 4.78. The molecule has 0 radical (unpaired) electrons. The summed E-state index contributed by atoms with van der Waals surface area (Å²) >= 11 is 0. The lowest BCUT2D eigenvalue weighted by Gasteiger charge is -2.26. The van der Waals surface area contributed by atoms with Gasteiger partial charge in [-0.05, 0) is 31.2 Å². The van der Waals surface area contributed by atoms with Gasteiger partial charge in [0.2, 0.25) is 10.0 Å². The van der Waals surface area contributed by atoms with E-state index in [9.17, 15) is 8.42 Å². The number of sulfonamides is 1. The second-order valence-corrected chi connectivity index (χ2v) is 7.09. The molecule has 102 valence electrons. The highest BCUT2D eigenvalue weighted by molar-refractivity contribution is 7.89. The molecule has 2 atom stereocenters. The molecule has 2 unspecified atom stereocenters. The molecule has 1 aliphatic carbocycles. The Labute approximate surface area is 106 Å². The smallest absolute Gasteiger partial charge is 0.212 e. The maximum atomic E-state index is 11.7. The van der Waals surface area contributed by atoms with Crippen LogP contribution in [0.15, 0.2) is 0 Å². The standard InChI is InChI=1S/C12H26N2O2S/c1-3-13-7-8-17(15,16)14-10-12-6-4-5-11(2)9-12/h11-14H,3-10H2,1-2H3. The van der Waals surface area contributed by atoms with Gasteiger partial charge in [-0.2, -0.15) is 0 Å². The molecule has 0 amide bonds. The van der Waals surface area contributed by atoms with Crippen LogP contribution in [0, 0.1) is 11.8 Å². The van der Waals surface area contributed by atoms with E-state index in [1.54, 1.807) is 0 Å². The molecule has 5 heteroatoms. The van der Waals surface area contributed by atoms with E-state index in [1.165, 1.54) is 19.3 Å². The van der Waals surface area contributed by atoms with Crippen LogP contribution in [0.2, 0.25) is 0 Å². The summed E-state index contributed by atoms with van der Waals surface area (Å²) < 4.78 is 26.1. The highest BCUT2D eigenvalue weighted by Crippen LogP contribution is 2.27. The second kappa shape index (κ2) is 7.34. The molecule has 1 saturated carbocycles. The molecule has 0 saturated heterocycles. The molecule has 0 aliphatic heterocycles. The first kappa shape index (κ1) is 14.9. The molecule has 4 nitrogen and oxygen atoms in total. The number of nitrogens with one attached hydrogen (secondary N) is 2. The third-order valence-electron chi connectivity index (χ3n) is 3.43. The fourth-order valence-corrected chi connectivity index (χ4v) is 3.49. The summed E-state index contributed by atoms with van der Waals surface area (Å²) in [4.78, 5) is 0. The van der Waals surface area contributed by atoms with Gasteiger partial charge in [0.05, 0.1) is 5.75 Å². The van der Waals surface area contributed by atoms with Crippen molar-refractivity contribution in [2.24, 2.45) is 11.8 Å². The van der Waals surface area contributed by atoms with Crippen LogP contribution in [0.25, 0.3) is 0 Å². The van der Waals surface area contributed by atoms with Crippen LogP contribution in [0.4, 0.5) is 0 Å². The maximum absolute atomic E-state index is 11.7. The fraction of sp³-hybridized carbons (Fsp3) is 1.00. The molecule has 0 aromatic rings. The first-order valence-electron chi connectivity index (χ1n) is 6.71. The minimum Gasteiger partial charge on any atom is -0.316 e. The average molecular weight is 262 g/mol. The van der Waals surface area contributed by atoms with E-state index in [4.69, 9.17) is 0 Å². The van der Waals surface area contributed by atoms with Crippen molar-refractivity contribution in [3.8, 4) is 0 Å². The van der Waals surface area contributed by atoms with Crippen molar-refractivity contribution in [3.05, 3.63) is 0 Å². The summed E-state index contributed by atoms with van der Waals surface area (Å²) in [5, 5.41) is 3.03. The molecular weight excluding hydrogens is 236 g/mol. The number of hydrogen-bond acceptors (Lipinski definition) is 3. The minimum absolute atomic E-state index is 0.184. The van der Waals surface area contributed by atoms with Crippen molar-refractivity contribution in [2.75, 3.05) is 25.4 Å². The first-order valence-corrected chi connectivity index (χ1v) is 8.36. The van der Waals surface area contributed by atoms with Gasteiger partial charge < -0.3 is 5.32 Å². The normalized spacial score (nSPS) is 26.0. The maximum Gasteiger partial charge on any atom is 0.212 e. The van der Waals surface area contributed by atoms with Crippen LogP contribution in [-0.2, 0) is 10.0 Å². The summed E-state index contributed by atoms with van der Waals surface area (Å²) in [7, 11) is -3.08. The lowest BCUT2D eigenvalue weighted by Crippen LogP contribution is -2.35. The summed E-state index contributed by atoms with van der Waals surface area (Å²) in [6.07, 6.45) is 4.87. The van der Waals surface area contributed by atoms with Crippen molar-refractivity contribution < 1.29 is 8.42 Å². The van der Waals surface area contributed by atoms with Crippen molar-refractivity contribution >= 4 is 10.0 Å². The summed E-state index contributed by atoms with van der Waals surface area (Å²) in [5.74, 6) is 1.47. The van der Waals surface area contributed by atoms with E-state index >= 15 is 0 Å². The van der Waals surface area contributed by atoms with E-state index in [2.05, 4.69) is 17.0 Å². The quantitative estimate of drug-likeness (QED) is 0.681. The number of hydrogen-bond donors (Lipinski definition) is 2. The molecule has 2 N–H and O–H groups in total. The van der Waals surface area contributed by atoms with Crippen LogP contribution < -0.4 is 10.0 Å². The van der Waals surface area contributed by atoms with E-state index in [0.717, 1.165) is 18.9 Å². The third kappa shape index (κ3) is 6.38. The minimum atomic E-state index is -3.08. The van der Waals surface area contributed by atoms with Gasteiger partial charge in [-0.1, -0.05) is 26.7 Å². The Bertz CT molecular complexity index is 304. The Morgan fingerprint density at radius 1 is 1.29 bits per heavy atom. The summed E-state index contributed by atoms with van der Waals surface area (Å²) in [5.41, 5.74) is 0. The lowest BCUT2D eigenvalue weighted by atomic mass is 9.83. The van der Waals surface area contributed by atoms with Crippen LogP contribution in [0.5, 0.6) is 0 Å². The molecule has 0 bridgehead atoms. The summed E-state index contributed by atoms with van der Waals surface area (Å²) in [6, 6.07) is 0. The summed E-state index contributed by atoms with van der Waals surface area (Å²) in [6.45, 7) is 6.21. The molecule has 0 spiro atoms. The highest BCUT2D eigenvalue weighted by atomic mass is 32.2. The van der Waals surface area contributed by atoms with E-state index < -0.39 is 10.0 Å². The van der Waals surface area contributed by atoms with Crippen molar-refractivity contribution in [3.63, 3.8) is 0 Å². The molecule has 0 heterocycles. The predicted molar refractivity (Wildman–Crippen MR) is 71.5 cm³/mol. The zero-order valence-corrected chi connectivity index (χ0v) is 11.9. The van der Waals surface area contributed by atoms with Crippen LogP contribution in [0.3, 0.4) is 0 Å². The van der Waals surface area contributed by atoms with Crippen LogP contribution in [0.1, 0.15) is 39.5 Å². The Morgan fingerprint density at radius 2 is 2.06 bits per heavy atom. The predicted octanol–water partition coefficient (Wildman–Crippen LogP) is 1.34. The topological polar surface area (TPSA) is 58.2 Å². The van der Waals surface area contributed by atoms with Gasteiger partial charge >= 0.3 is 0 Å². The van der Waals surface area contributed by atoms with Crippen LogP contribution in [-0.4, -0.2) is 33.8 Å². The Kier molecular flexibility index (Phi) is 6.44. The molecule has 1 rings (SSSR count). The molecule has 0 aromatic heterocycles. The first-order chi connectivity index (χ1) is 8.03. The van der Waals surface area contributed by atoms with E-state index in [0.29, 0.717) is 19.0 Å². The second-order valence-electron chi connectivity index (χ2n) is 5.16. The van der Waals surface area contributed by atoms with E-state index in [-0.39, 0.29) is 5.75 Å². The molecule has 17 heavy (non-hydrogen) atoms. The average Bonchev–Trinajstić information content (AvgIpc) is 2.27. The van der Waals surface area contributed by atoms with Gasteiger partial charge in [-0.3, -0.25) is 0 Å². The Morgan fingerprint density at radius 3 is 2.71 bits per heavy atom. The zero-order chi connectivity index (χ0) is 12.7. The van der Waals surface area contributed by atoms with Crippen molar-refractivity contribution in [2.45, 2.75) is 39.5 Å². The van der Waals surface area contributed by atoms with Gasteiger partial charge in [-0.25, -0.2) is 13.1 Å². The van der Waals surface area contributed by atoms with Crippen LogP contribution >= 0.6 is 0 Å². The number of rotatable bonds is 7. The molecule has 0 aromatic carbocycles. The van der Waals surface area contributed by atoms with Crippen molar-refractivity contribution in [1.29, 1.82) is 0 Å². The zero-order valence-electron chi connectivity index (χ0n) is 11.0. The van der Waals surface area contributed by atoms with Gasteiger partial charge in [0, 0.05) is 13.1 Å².